The van der Waals surface area contributed by atoms with Gasteiger partial charge in [0.25, 0.3) is 11.1 Å². The molecular weight excluding hydrogens is 382 g/mol. The first-order valence-corrected chi connectivity index (χ1v) is 8.31. The Morgan fingerprint density at radius 1 is 1.39 bits per heavy atom. The minimum atomic E-state index is -0.391. The Bertz CT molecular complexity index is 724. The zero-order valence-corrected chi connectivity index (χ0v) is 15.0. The highest BCUT2D eigenvalue weighted by Gasteiger charge is 2.34. The van der Waals surface area contributed by atoms with Gasteiger partial charge in [-0.15, -0.1) is 6.42 Å². The lowest BCUT2D eigenvalue weighted by molar-refractivity contribution is -0.122. The Hall–Kier alpha value is -1.91. The monoisotopic (exact) mass is 395 g/mol. The Balaban J connectivity index is 2.38. The quantitative estimate of drug-likeness (QED) is 0.563. The molecule has 0 unspecified atom stereocenters. The molecule has 1 fully saturated rings. The van der Waals surface area contributed by atoms with Crippen molar-refractivity contribution in [1.29, 1.82) is 0 Å². The maximum Gasteiger partial charge on any atom is 0.294 e. The Morgan fingerprint density at radius 2 is 2.13 bits per heavy atom. The number of carbonyl (C=O) groups is 2. The van der Waals surface area contributed by atoms with Gasteiger partial charge in [-0.3, -0.25) is 14.5 Å². The van der Waals surface area contributed by atoms with E-state index in [1.807, 2.05) is 6.92 Å². The van der Waals surface area contributed by atoms with Crippen molar-refractivity contribution in [3.05, 3.63) is 27.1 Å². The fraction of sp³-hybridized carbons (Fsp3) is 0.250. The number of amides is 2. The highest BCUT2D eigenvalue weighted by atomic mass is 79.9. The minimum absolute atomic E-state index is 0.0320. The molecule has 1 aromatic carbocycles. The zero-order valence-electron chi connectivity index (χ0n) is 12.6. The minimum Gasteiger partial charge on any atom is -0.493 e. The summed E-state index contributed by atoms with van der Waals surface area (Å²) < 4.78 is 11.5. The highest BCUT2D eigenvalue weighted by Crippen LogP contribution is 2.37. The van der Waals surface area contributed by atoms with E-state index in [0.29, 0.717) is 28.6 Å². The van der Waals surface area contributed by atoms with Crippen LogP contribution in [0, 0.1) is 12.3 Å². The van der Waals surface area contributed by atoms with E-state index in [2.05, 4.69) is 21.9 Å². The lowest BCUT2D eigenvalue weighted by Crippen LogP contribution is -2.28. The molecule has 0 radical (unpaired) electrons. The number of ether oxygens (including phenoxy) is 2. The molecule has 2 rings (SSSR count). The Kier molecular flexibility index (Phi) is 5.74. The number of hydrogen-bond donors (Lipinski definition) is 0. The van der Waals surface area contributed by atoms with Crippen LogP contribution >= 0.6 is 27.7 Å². The van der Waals surface area contributed by atoms with Crippen LogP contribution in [0.5, 0.6) is 11.5 Å². The molecule has 0 atom stereocenters. The van der Waals surface area contributed by atoms with Crippen LogP contribution in [0.15, 0.2) is 21.5 Å². The molecule has 0 bridgehead atoms. The van der Waals surface area contributed by atoms with E-state index in [1.54, 1.807) is 18.2 Å². The van der Waals surface area contributed by atoms with E-state index >= 15 is 0 Å². The lowest BCUT2D eigenvalue weighted by atomic mass is 10.2. The number of nitrogens with zero attached hydrogens (tertiary/aromatic N) is 1. The van der Waals surface area contributed by atoms with Gasteiger partial charge >= 0.3 is 0 Å². The first-order valence-electron chi connectivity index (χ1n) is 6.71. The molecular formula is C16H14BrNO4S. The third kappa shape index (κ3) is 3.71. The van der Waals surface area contributed by atoms with Gasteiger partial charge in [0.15, 0.2) is 11.5 Å². The molecule has 7 heteroatoms. The van der Waals surface area contributed by atoms with Crippen LogP contribution in [0.3, 0.4) is 0 Å². The van der Waals surface area contributed by atoms with Gasteiger partial charge in [-0.1, -0.05) is 21.9 Å². The first kappa shape index (κ1) is 17.4. The number of thioether (sulfide) groups is 1. The van der Waals surface area contributed by atoms with Gasteiger partial charge in [0.2, 0.25) is 0 Å². The number of halogens is 1. The molecule has 0 saturated carbocycles. The van der Waals surface area contributed by atoms with Crippen molar-refractivity contribution in [2.24, 2.45) is 0 Å². The van der Waals surface area contributed by atoms with E-state index in [0.717, 1.165) is 21.1 Å². The molecule has 0 aromatic heterocycles. The maximum atomic E-state index is 12.2. The van der Waals surface area contributed by atoms with Crippen LogP contribution in [-0.2, 0) is 4.79 Å². The standard InChI is InChI=1S/C16H14BrNO4S/c1-4-6-18-15(19)14(23-16(18)20)8-10-7-12(21-3)13(22-5-2)9-11(10)17/h1,7-9H,5-6H2,2-3H3/b14-8+. The van der Waals surface area contributed by atoms with Crippen LogP contribution < -0.4 is 9.47 Å². The lowest BCUT2D eigenvalue weighted by Gasteiger charge is -2.11. The summed E-state index contributed by atoms with van der Waals surface area (Å²) in [4.78, 5) is 25.3. The topological polar surface area (TPSA) is 55.8 Å². The molecule has 2 amide bonds. The number of methoxy groups -OCH3 is 1. The predicted octanol–water partition coefficient (Wildman–Crippen LogP) is 3.53. The second-order valence-electron chi connectivity index (χ2n) is 4.43. The predicted molar refractivity (Wildman–Crippen MR) is 93.4 cm³/mol. The number of hydrogen-bond acceptors (Lipinski definition) is 5. The smallest absolute Gasteiger partial charge is 0.294 e. The molecule has 0 N–H and O–H groups in total. The maximum absolute atomic E-state index is 12.2. The van der Waals surface area contributed by atoms with Gasteiger partial charge in [0.1, 0.15) is 0 Å². The Labute approximate surface area is 147 Å². The number of carbonyl (C=O) groups excluding carboxylic acids is 2. The average Bonchev–Trinajstić information content (AvgIpc) is 2.78. The van der Waals surface area contributed by atoms with E-state index in [1.165, 1.54) is 7.11 Å². The molecule has 1 aromatic rings. The van der Waals surface area contributed by atoms with Crippen molar-refractivity contribution in [1.82, 2.24) is 4.90 Å². The third-order valence-corrected chi connectivity index (χ3v) is 4.59. The SMILES string of the molecule is C#CCN1C(=O)S/C(=C/c2cc(OC)c(OCC)cc2Br)C1=O. The largest absolute Gasteiger partial charge is 0.493 e. The van der Waals surface area contributed by atoms with Crippen molar-refractivity contribution < 1.29 is 19.1 Å². The van der Waals surface area contributed by atoms with Crippen molar-refractivity contribution in [3.63, 3.8) is 0 Å². The normalized spacial score (nSPS) is 15.9. The number of rotatable bonds is 5. The summed E-state index contributed by atoms with van der Waals surface area (Å²) in [6.45, 7) is 2.35. The van der Waals surface area contributed by atoms with E-state index in [-0.39, 0.29) is 11.8 Å². The summed E-state index contributed by atoms with van der Waals surface area (Å²) in [6.07, 6.45) is 6.80. The van der Waals surface area contributed by atoms with Gasteiger partial charge in [0, 0.05) is 4.47 Å². The van der Waals surface area contributed by atoms with Crippen LogP contribution in [-0.4, -0.2) is 36.3 Å². The number of imide groups is 1. The summed E-state index contributed by atoms with van der Waals surface area (Å²) in [5, 5.41) is -0.367. The molecule has 1 aliphatic heterocycles. The molecule has 1 aliphatic rings. The van der Waals surface area contributed by atoms with E-state index in [4.69, 9.17) is 15.9 Å². The van der Waals surface area contributed by atoms with Crippen molar-refractivity contribution in [2.75, 3.05) is 20.3 Å². The molecule has 120 valence electrons. The van der Waals surface area contributed by atoms with Gasteiger partial charge in [-0.2, -0.15) is 0 Å². The van der Waals surface area contributed by atoms with Gasteiger partial charge < -0.3 is 9.47 Å². The van der Waals surface area contributed by atoms with Crippen LogP contribution in [0.4, 0.5) is 4.79 Å². The molecule has 0 aliphatic carbocycles. The van der Waals surface area contributed by atoms with Crippen molar-refractivity contribution >= 4 is 44.9 Å². The summed E-state index contributed by atoms with van der Waals surface area (Å²) in [5.41, 5.74) is 0.705. The van der Waals surface area contributed by atoms with Crippen molar-refractivity contribution in [3.8, 4) is 23.8 Å². The number of terminal acetylenes is 1. The van der Waals surface area contributed by atoms with Crippen LogP contribution in [0.1, 0.15) is 12.5 Å². The fourth-order valence-electron chi connectivity index (χ4n) is 1.96. The van der Waals surface area contributed by atoms with E-state index < -0.39 is 5.91 Å². The molecule has 5 nitrogen and oxygen atoms in total. The molecule has 0 spiro atoms. The van der Waals surface area contributed by atoms with E-state index in [9.17, 15) is 9.59 Å². The molecule has 1 saturated heterocycles. The van der Waals surface area contributed by atoms with Crippen LogP contribution in [0.25, 0.3) is 6.08 Å². The van der Waals surface area contributed by atoms with Gasteiger partial charge in [-0.25, -0.2) is 0 Å². The Morgan fingerprint density at radius 3 is 2.74 bits per heavy atom. The van der Waals surface area contributed by atoms with Crippen LogP contribution in [0.2, 0.25) is 0 Å². The highest BCUT2D eigenvalue weighted by molar-refractivity contribution is 9.10. The first-order chi connectivity index (χ1) is 11.0. The second-order valence-corrected chi connectivity index (χ2v) is 6.28. The zero-order chi connectivity index (χ0) is 17.0. The summed E-state index contributed by atoms with van der Waals surface area (Å²) in [7, 11) is 1.54. The molecule has 1 heterocycles. The average molecular weight is 396 g/mol. The summed E-state index contributed by atoms with van der Waals surface area (Å²) in [6, 6.07) is 3.50. The number of benzene rings is 1. The fourth-order valence-corrected chi connectivity index (χ4v) is 3.22. The molecule has 23 heavy (non-hydrogen) atoms. The summed E-state index contributed by atoms with van der Waals surface area (Å²) in [5.74, 6) is 3.06. The third-order valence-electron chi connectivity index (χ3n) is 2.99. The summed E-state index contributed by atoms with van der Waals surface area (Å²) >= 11 is 4.30. The second kappa shape index (κ2) is 7.57. The van der Waals surface area contributed by atoms with Gasteiger partial charge in [-0.05, 0) is 42.5 Å². The van der Waals surface area contributed by atoms with Crippen molar-refractivity contribution in [2.45, 2.75) is 6.92 Å². The van der Waals surface area contributed by atoms with Gasteiger partial charge in [0.05, 0.1) is 25.2 Å².